The molecule has 8 nitrogen and oxygen atoms in total. The van der Waals surface area contributed by atoms with Gasteiger partial charge in [0.1, 0.15) is 5.60 Å². The molecule has 3 N–H and O–H groups in total. The summed E-state index contributed by atoms with van der Waals surface area (Å²) in [5, 5.41) is 14.0. The maximum absolute atomic E-state index is 12.4. The molecule has 2 rings (SSSR count). The molecule has 1 aromatic carbocycles. The summed E-state index contributed by atoms with van der Waals surface area (Å²) in [6, 6.07) is 9.54. The third kappa shape index (κ3) is 7.62. The van der Waals surface area contributed by atoms with E-state index in [-0.39, 0.29) is 6.04 Å². The second kappa shape index (κ2) is 10.8. The van der Waals surface area contributed by atoms with Gasteiger partial charge >= 0.3 is 6.09 Å². The van der Waals surface area contributed by atoms with Crippen LogP contribution in [0.4, 0.5) is 4.79 Å². The van der Waals surface area contributed by atoms with Crippen molar-refractivity contribution in [2.45, 2.75) is 59.7 Å². The second-order valence-electron chi connectivity index (χ2n) is 8.46. The van der Waals surface area contributed by atoms with Crippen LogP contribution in [0.1, 0.15) is 56.3 Å². The SMILES string of the molecule is CCNC(=NCc1c(C)nn(C)c1C)NCC(NC(=O)OC(C)(C)C)c1ccccc1. The molecule has 1 aromatic heterocycles. The van der Waals surface area contributed by atoms with E-state index in [0.29, 0.717) is 19.0 Å². The zero-order valence-corrected chi connectivity index (χ0v) is 19.7. The number of hydrogen-bond acceptors (Lipinski definition) is 4. The lowest BCUT2D eigenvalue weighted by molar-refractivity contribution is 0.0504. The average molecular weight is 429 g/mol. The number of aliphatic imine (C=N–C) groups is 1. The highest BCUT2D eigenvalue weighted by Crippen LogP contribution is 2.15. The van der Waals surface area contributed by atoms with Gasteiger partial charge in [-0.25, -0.2) is 9.79 Å². The van der Waals surface area contributed by atoms with E-state index < -0.39 is 11.7 Å². The number of hydrogen-bond donors (Lipinski definition) is 3. The summed E-state index contributed by atoms with van der Waals surface area (Å²) in [5.41, 5.74) is 3.62. The molecule has 2 aromatic rings. The van der Waals surface area contributed by atoms with E-state index in [2.05, 4.69) is 21.0 Å². The highest BCUT2D eigenvalue weighted by molar-refractivity contribution is 5.80. The number of benzene rings is 1. The van der Waals surface area contributed by atoms with Crippen molar-refractivity contribution < 1.29 is 9.53 Å². The van der Waals surface area contributed by atoms with Crippen LogP contribution in [-0.4, -0.2) is 40.5 Å². The van der Waals surface area contributed by atoms with E-state index in [9.17, 15) is 4.79 Å². The number of ether oxygens (including phenoxy) is 1. The van der Waals surface area contributed by atoms with Crippen LogP contribution < -0.4 is 16.0 Å². The third-order valence-electron chi connectivity index (χ3n) is 4.76. The first-order valence-electron chi connectivity index (χ1n) is 10.7. The first kappa shape index (κ1) is 24.2. The molecule has 0 radical (unpaired) electrons. The Kier molecular flexibility index (Phi) is 8.47. The molecular weight excluding hydrogens is 392 g/mol. The van der Waals surface area contributed by atoms with Crippen LogP contribution in [0.3, 0.4) is 0 Å². The molecule has 8 heteroatoms. The fourth-order valence-electron chi connectivity index (χ4n) is 3.13. The molecule has 0 aliphatic carbocycles. The van der Waals surface area contributed by atoms with Gasteiger partial charge < -0.3 is 20.7 Å². The third-order valence-corrected chi connectivity index (χ3v) is 4.76. The molecular formula is C23H36N6O2. The average Bonchev–Trinajstić information content (AvgIpc) is 2.93. The van der Waals surface area contributed by atoms with Crippen molar-refractivity contribution in [3.63, 3.8) is 0 Å². The van der Waals surface area contributed by atoms with E-state index in [1.54, 1.807) is 0 Å². The Morgan fingerprint density at radius 1 is 1.19 bits per heavy atom. The quantitative estimate of drug-likeness (QED) is 0.465. The smallest absolute Gasteiger partial charge is 0.408 e. The lowest BCUT2D eigenvalue weighted by Gasteiger charge is -2.25. The molecule has 0 aliphatic rings. The van der Waals surface area contributed by atoms with Crippen LogP contribution in [0.25, 0.3) is 0 Å². The molecule has 31 heavy (non-hydrogen) atoms. The molecule has 1 heterocycles. The minimum absolute atomic E-state index is 0.276. The van der Waals surface area contributed by atoms with Gasteiger partial charge in [0.15, 0.2) is 5.96 Å². The van der Waals surface area contributed by atoms with E-state index in [4.69, 9.17) is 9.73 Å². The molecule has 1 atom stereocenters. The van der Waals surface area contributed by atoms with Crippen molar-refractivity contribution in [3.8, 4) is 0 Å². The topological polar surface area (TPSA) is 92.6 Å². The van der Waals surface area contributed by atoms with Crippen molar-refractivity contribution in [2.75, 3.05) is 13.1 Å². The summed E-state index contributed by atoms with van der Waals surface area (Å²) >= 11 is 0. The highest BCUT2D eigenvalue weighted by Gasteiger charge is 2.21. The Labute approximate surface area is 185 Å². The zero-order valence-electron chi connectivity index (χ0n) is 19.7. The van der Waals surface area contributed by atoms with E-state index >= 15 is 0 Å². The minimum Gasteiger partial charge on any atom is -0.444 e. The number of alkyl carbamates (subject to hydrolysis) is 1. The largest absolute Gasteiger partial charge is 0.444 e. The Morgan fingerprint density at radius 2 is 1.87 bits per heavy atom. The lowest BCUT2D eigenvalue weighted by atomic mass is 10.1. The fourth-order valence-corrected chi connectivity index (χ4v) is 3.13. The predicted octanol–water partition coefficient (Wildman–Crippen LogP) is 3.36. The number of nitrogens with zero attached hydrogens (tertiary/aromatic N) is 3. The van der Waals surface area contributed by atoms with Gasteiger partial charge in [-0.15, -0.1) is 0 Å². The van der Waals surface area contributed by atoms with E-state index in [1.165, 1.54) is 0 Å². The van der Waals surface area contributed by atoms with Gasteiger partial charge in [0.05, 0.1) is 18.3 Å². The molecule has 0 fully saturated rings. The fraction of sp³-hybridized carbons (Fsp3) is 0.522. The number of carbonyl (C=O) groups is 1. The predicted molar refractivity (Wildman–Crippen MR) is 124 cm³/mol. The Balaban J connectivity index is 2.13. The molecule has 0 bridgehead atoms. The van der Waals surface area contributed by atoms with Crippen molar-refractivity contribution in [2.24, 2.45) is 12.0 Å². The van der Waals surface area contributed by atoms with Crippen molar-refractivity contribution in [3.05, 3.63) is 52.8 Å². The molecule has 1 amide bonds. The standard InChI is InChI=1S/C23H36N6O2/c1-8-24-21(25-14-19-16(2)28-29(7)17(19)3)26-15-20(18-12-10-9-11-13-18)27-22(30)31-23(4,5)6/h9-13,20H,8,14-15H2,1-7H3,(H,27,30)(H2,24,25,26). The number of aryl methyl sites for hydroxylation is 2. The van der Waals surface area contributed by atoms with Crippen LogP contribution in [0.5, 0.6) is 0 Å². The van der Waals surface area contributed by atoms with Gasteiger partial charge in [-0.3, -0.25) is 4.68 Å². The van der Waals surface area contributed by atoms with Crippen LogP contribution in [-0.2, 0) is 18.3 Å². The Bertz CT molecular complexity index is 883. The van der Waals surface area contributed by atoms with Gasteiger partial charge in [-0.2, -0.15) is 5.10 Å². The van der Waals surface area contributed by atoms with Gasteiger partial charge in [-0.1, -0.05) is 30.3 Å². The zero-order chi connectivity index (χ0) is 23.0. The molecule has 0 saturated carbocycles. The van der Waals surface area contributed by atoms with Crippen LogP contribution in [0.15, 0.2) is 35.3 Å². The summed E-state index contributed by atoms with van der Waals surface area (Å²) in [6.45, 7) is 13.3. The van der Waals surface area contributed by atoms with Crippen molar-refractivity contribution in [1.82, 2.24) is 25.7 Å². The number of carbonyl (C=O) groups excluding carboxylic acids is 1. The number of aromatic nitrogens is 2. The second-order valence-corrected chi connectivity index (χ2v) is 8.46. The number of amides is 1. The normalized spacial score (nSPS) is 12.9. The van der Waals surface area contributed by atoms with Crippen LogP contribution in [0, 0.1) is 13.8 Å². The van der Waals surface area contributed by atoms with E-state index in [0.717, 1.165) is 29.1 Å². The lowest BCUT2D eigenvalue weighted by Crippen LogP contribution is -2.44. The number of rotatable bonds is 7. The monoisotopic (exact) mass is 428 g/mol. The van der Waals surface area contributed by atoms with Gasteiger partial charge in [-0.05, 0) is 47.1 Å². The summed E-state index contributed by atoms with van der Waals surface area (Å²) in [7, 11) is 1.94. The summed E-state index contributed by atoms with van der Waals surface area (Å²) in [6.07, 6.45) is -0.452. The molecule has 1 unspecified atom stereocenters. The van der Waals surface area contributed by atoms with Gasteiger partial charge in [0.2, 0.25) is 0 Å². The van der Waals surface area contributed by atoms with E-state index in [1.807, 2.05) is 83.6 Å². The molecule has 0 spiro atoms. The maximum Gasteiger partial charge on any atom is 0.408 e. The summed E-state index contributed by atoms with van der Waals surface area (Å²) in [4.78, 5) is 17.1. The van der Waals surface area contributed by atoms with Crippen molar-refractivity contribution in [1.29, 1.82) is 0 Å². The molecule has 0 saturated heterocycles. The summed E-state index contributed by atoms with van der Waals surface area (Å²) < 4.78 is 7.32. The summed E-state index contributed by atoms with van der Waals surface area (Å²) in [5.74, 6) is 0.678. The Hall–Kier alpha value is -3.03. The number of nitrogens with one attached hydrogen (secondary N) is 3. The van der Waals surface area contributed by atoms with Crippen molar-refractivity contribution >= 4 is 12.1 Å². The molecule has 170 valence electrons. The van der Waals surface area contributed by atoms with Crippen LogP contribution in [0.2, 0.25) is 0 Å². The first-order valence-corrected chi connectivity index (χ1v) is 10.7. The first-order chi connectivity index (χ1) is 14.6. The minimum atomic E-state index is -0.561. The number of guanidine groups is 1. The maximum atomic E-state index is 12.4. The molecule has 0 aliphatic heterocycles. The highest BCUT2D eigenvalue weighted by atomic mass is 16.6. The Morgan fingerprint density at radius 3 is 2.42 bits per heavy atom. The van der Waals surface area contributed by atoms with Crippen LogP contribution >= 0.6 is 0 Å². The van der Waals surface area contributed by atoms with Gasteiger partial charge in [0.25, 0.3) is 0 Å². The van der Waals surface area contributed by atoms with Gasteiger partial charge in [0, 0.05) is 31.4 Å².